The molecule has 0 aliphatic carbocycles. The Balaban J connectivity index is 2.24. The van der Waals surface area contributed by atoms with Gasteiger partial charge in [0.25, 0.3) is 0 Å². The van der Waals surface area contributed by atoms with E-state index in [0.29, 0.717) is 11.1 Å². The van der Waals surface area contributed by atoms with Gasteiger partial charge in [0, 0.05) is 0 Å². The van der Waals surface area contributed by atoms with Crippen molar-refractivity contribution in [2.75, 3.05) is 0 Å². The third-order valence-electron chi connectivity index (χ3n) is 2.41. The van der Waals surface area contributed by atoms with Crippen LogP contribution in [0.2, 0.25) is 0 Å². The first-order chi connectivity index (χ1) is 7.98. The number of hydrogen-bond donors (Lipinski definition) is 1. The summed E-state index contributed by atoms with van der Waals surface area (Å²) in [5.74, 6) is 0. The Labute approximate surface area is 100 Å². The van der Waals surface area contributed by atoms with Crippen LogP contribution in [-0.2, 0) is 6.18 Å². The molecular weight excluding hydrogens is 249 g/mol. The van der Waals surface area contributed by atoms with E-state index in [1.807, 2.05) is 5.38 Å². The van der Waals surface area contributed by atoms with E-state index in [-0.39, 0.29) is 0 Å². The molecule has 2 rings (SSSR count). The lowest BCUT2D eigenvalue weighted by atomic mass is 10.0. The van der Waals surface area contributed by atoms with Crippen molar-refractivity contribution in [3.8, 4) is 0 Å². The minimum Gasteiger partial charge on any atom is -0.384 e. The predicted octanol–water partition coefficient (Wildman–Crippen LogP) is 3.85. The van der Waals surface area contributed by atoms with E-state index in [2.05, 4.69) is 0 Å². The molecule has 0 radical (unpaired) electrons. The third kappa shape index (κ3) is 2.68. The van der Waals surface area contributed by atoms with E-state index in [1.165, 1.54) is 23.5 Å². The predicted molar refractivity (Wildman–Crippen MR) is 59.8 cm³/mol. The van der Waals surface area contributed by atoms with Gasteiger partial charge in [-0.05, 0) is 40.1 Å². The molecule has 90 valence electrons. The van der Waals surface area contributed by atoms with Crippen LogP contribution in [0.3, 0.4) is 0 Å². The number of benzene rings is 1. The average molecular weight is 258 g/mol. The molecule has 0 spiro atoms. The van der Waals surface area contributed by atoms with Crippen LogP contribution in [0, 0.1) is 0 Å². The van der Waals surface area contributed by atoms with E-state index in [4.69, 9.17) is 0 Å². The van der Waals surface area contributed by atoms with Crippen LogP contribution in [0.1, 0.15) is 22.8 Å². The summed E-state index contributed by atoms with van der Waals surface area (Å²) < 4.78 is 37.0. The number of aliphatic hydroxyl groups excluding tert-OH is 1. The number of rotatable bonds is 2. The zero-order chi connectivity index (χ0) is 12.5. The van der Waals surface area contributed by atoms with Gasteiger partial charge in [-0.3, -0.25) is 0 Å². The van der Waals surface area contributed by atoms with Crippen molar-refractivity contribution in [1.82, 2.24) is 0 Å². The SMILES string of the molecule is OC(c1ccc(C(F)(F)F)cc1)c1ccsc1. The Hall–Kier alpha value is -1.33. The molecule has 1 N–H and O–H groups in total. The van der Waals surface area contributed by atoms with Crippen LogP contribution in [0.15, 0.2) is 41.1 Å². The molecule has 1 unspecified atom stereocenters. The van der Waals surface area contributed by atoms with Gasteiger partial charge in [-0.1, -0.05) is 12.1 Å². The fourth-order valence-electron chi connectivity index (χ4n) is 1.48. The number of alkyl halides is 3. The van der Waals surface area contributed by atoms with Gasteiger partial charge in [-0.25, -0.2) is 0 Å². The molecule has 0 saturated carbocycles. The highest BCUT2D eigenvalue weighted by Gasteiger charge is 2.30. The van der Waals surface area contributed by atoms with Gasteiger partial charge in [-0.15, -0.1) is 0 Å². The second kappa shape index (κ2) is 4.50. The van der Waals surface area contributed by atoms with Crippen molar-refractivity contribution in [2.45, 2.75) is 12.3 Å². The summed E-state index contributed by atoms with van der Waals surface area (Å²) in [6.07, 6.45) is -5.21. The van der Waals surface area contributed by atoms with Gasteiger partial charge in [0.2, 0.25) is 0 Å². The monoisotopic (exact) mass is 258 g/mol. The van der Waals surface area contributed by atoms with Crippen LogP contribution in [0.4, 0.5) is 13.2 Å². The topological polar surface area (TPSA) is 20.2 Å². The summed E-state index contributed by atoms with van der Waals surface area (Å²) in [6.45, 7) is 0. The van der Waals surface area contributed by atoms with E-state index in [0.717, 1.165) is 12.1 Å². The first-order valence-corrected chi connectivity index (χ1v) is 5.80. The summed E-state index contributed by atoms with van der Waals surface area (Å²) in [4.78, 5) is 0. The first-order valence-electron chi connectivity index (χ1n) is 4.86. The molecule has 1 aromatic carbocycles. The number of halogens is 3. The second-order valence-electron chi connectivity index (χ2n) is 3.58. The Kier molecular flexibility index (Phi) is 3.22. The van der Waals surface area contributed by atoms with Crippen LogP contribution in [-0.4, -0.2) is 5.11 Å². The summed E-state index contributed by atoms with van der Waals surface area (Å²) in [7, 11) is 0. The van der Waals surface area contributed by atoms with Crippen molar-refractivity contribution >= 4 is 11.3 Å². The molecule has 17 heavy (non-hydrogen) atoms. The molecule has 0 fully saturated rings. The fourth-order valence-corrected chi connectivity index (χ4v) is 2.16. The van der Waals surface area contributed by atoms with Crippen LogP contribution < -0.4 is 0 Å². The maximum absolute atomic E-state index is 12.3. The van der Waals surface area contributed by atoms with E-state index in [9.17, 15) is 18.3 Å². The van der Waals surface area contributed by atoms with Crippen molar-refractivity contribution < 1.29 is 18.3 Å². The number of hydrogen-bond acceptors (Lipinski definition) is 2. The summed E-state index contributed by atoms with van der Waals surface area (Å²) in [6, 6.07) is 6.29. The fraction of sp³-hybridized carbons (Fsp3) is 0.167. The molecule has 1 nitrogen and oxygen atoms in total. The Morgan fingerprint density at radius 3 is 2.12 bits per heavy atom. The van der Waals surface area contributed by atoms with Crippen molar-refractivity contribution in [2.24, 2.45) is 0 Å². The normalized spacial score (nSPS) is 13.6. The molecule has 0 saturated heterocycles. The van der Waals surface area contributed by atoms with Gasteiger partial charge >= 0.3 is 6.18 Å². The van der Waals surface area contributed by atoms with Gasteiger partial charge in [0.05, 0.1) is 5.56 Å². The molecule has 5 heteroatoms. The first kappa shape index (κ1) is 12.1. The van der Waals surface area contributed by atoms with E-state index in [1.54, 1.807) is 11.4 Å². The van der Waals surface area contributed by atoms with Crippen LogP contribution >= 0.6 is 11.3 Å². The quantitative estimate of drug-likeness (QED) is 0.867. The summed E-state index contributed by atoms with van der Waals surface area (Å²) in [5, 5.41) is 13.5. The van der Waals surface area contributed by atoms with E-state index < -0.39 is 17.8 Å². The van der Waals surface area contributed by atoms with Crippen molar-refractivity contribution in [3.05, 3.63) is 57.8 Å². The Bertz CT molecular complexity index is 473. The zero-order valence-corrected chi connectivity index (χ0v) is 9.42. The van der Waals surface area contributed by atoms with Crippen molar-refractivity contribution in [3.63, 3.8) is 0 Å². The van der Waals surface area contributed by atoms with Crippen LogP contribution in [0.25, 0.3) is 0 Å². The van der Waals surface area contributed by atoms with Gasteiger partial charge < -0.3 is 5.11 Å². The van der Waals surface area contributed by atoms with Gasteiger partial charge in [-0.2, -0.15) is 24.5 Å². The summed E-state index contributed by atoms with van der Waals surface area (Å²) >= 11 is 1.43. The maximum atomic E-state index is 12.3. The maximum Gasteiger partial charge on any atom is 0.416 e. The van der Waals surface area contributed by atoms with Crippen molar-refractivity contribution in [1.29, 1.82) is 0 Å². The van der Waals surface area contributed by atoms with Gasteiger partial charge in [0.15, 0.2) is 0 Å². The molecule has 2 aromatic rings. The molecule has 1 atom stereocenters. The molecular formula is C12H9F3OS. The smallest absolute Gasteiger partial charge is 0.384 e. The second-order valence-corrected chi connectivity index (χ2v) is 4.36. The standard InChI is InChI=1S/C12H9F3OS/c13-12(14,15)10-3-1-8(2-4-10)11(16)9-5-6-17-7-9/h1-7,11,16H. The number of thiophene rings is 1. The minimum absolute atomic E-state index is 0.455. The molecule has 0 aliphatic heterocycles. The highest BCUT2D eigenvalue weighted by molar-refractivity contribution is 7.07. The lowest BCUT2D eigenvalue weighted by Crippen LogP contribution is -2.05. The largest absolute Gasteiger partial charge is 0.416 e. The highest BCUT2D eigenvalue weighted by Crippen LogP contribution is 2.31. The summed E-state index contributed by atoms with van der Waals surface area (Å²) in [5.41, 5.74) is 0.435. The molecule has 0 aliphatic rings. The van der Waals surface area contributed by atoms with E-state index >= 15 is 0 Å². The molecule has 1 heterocycles. The Morgan fingerprint density at radius 2 is 1.65 bits per heavy atom. The lowest BCUT2D eigenvalue weighted by molar-refractivity contribution is -0.137. The third-order valence-corrected chi connectivity index (χ3v) is 3.11. The zero-order valence-electron chi connectivity index (χ0n) is 8.61. The Morgan fingerprint density at radius 1 is 1.00 bits per heavy atom. The molecule has 0 amide bonds. The highest BCUT2D eigenvalue weighted by atomic mass is 32.1. The van der Waals surface area contributed by atoms with Gasteiger partial charge in [0.1, 0.15) is 6.10 Å². The van der Waals surface area contributed by atoms with Crippen LogP contribution in [0.5, 0.6) is 0 Å². The molecule has 1 aromatic heterocycles. The lowest BCUT2D eigenvalue weighted by Gasteiger charge is -2.11. The molecule has 0 bridgehead atoms. The average Bonchev–Trinajstić information content (AvgIpc) is 2.80. The number of aliphatic hydroxyl groups is 1. The minimum atomic E-state index is -4.34.